The maximum atomic E-state index is 14.9. The molecule has 11 nitrogen and oxygen atoms in total. The Balaban J connectivity index is 0.00000126. The van der Waals surface area contributed by atoms with Crippen LogP contribution < -0.4 is 16.2 Å². The summed E-state index contributed by atoms with van der Waals surface area (Å²) < 4.78 is 27.4. The van der Waals surface area contributed by atoms with Gasteiger partial charge in [-0.3, -0.25) is 9.59 Å². The van der Waals surface area contributed by atoms with E-state index < -0.39 is 35.5 Å². The molecule has 0 bridgehead atoms. The Kier molecular flexibility index (Phi) is 7.84. The molecule has 0 fully saturated rings. The summed E-state index contributed by atoms with van der Waals surface area (Å²) in [6.07, 6.45) is 0.382. The number of nitrogens with zero attached hydrogens (tertiary/aromatic N) is 2. The summed E-state index contributed by atoms with van der Waals surface area (Å²) in [5.41, 5.74) is 4.04. The fourth-order valence-corrected chi connectivity index (χ4v) is 5.63. The molecule has 41 heavy (non-hydrogen) atoms. The number of fused-ring (bicyclic) bond motifs is 5. The Morgan fingerprint density at radius 1 is 1.27 bits per heavy atom. The predicted molar refractivity (Wildman–Crippen MR) is 140 cm³/mol. The first-order chi connectivity index (χ1) is 19.3. The fraction of sp³-hybridized carbons (Fsp3) is 0.393. The number of carbonyl (C=O) groups excluding carboxylic acids is 3. The molecule has 2 unspecified atom stereocenters. The van der Waals surface area contributed by atoms with Crippen LogP contribution in [-0.4, -0.2) is 46.2 Å². The molecule has 0 spiro atoms. The summed E-state index contributed by atoms with van der Waals surface area (Å²) in [5.74, 6) is -1.68. The minimum absolute atomic E-state index is 0. The van der Waals surface area contributed by atoms with E-state index in [1.165, 1.54) is 17.0 Å². The van der Waals surface area contributed by atoms with E-state index in [-0.39, 0.29) is 37.6 Å². The number of ether oxygens (including phenoxy) is 2. The Bertz CT molecular complexity index is 1620. The van der Waals surface area contributed by atoms with Crippen LogP contribution in [0.2, 0.25) is 0 Å². The van der Waals surface area contributed by atoms with E-state index in [1.54, 1.807) is 13.0 Å². The van der Waals surface area contributed by atoms with E-state index >= 15 is 0 Å². The standard InChI is InChI=1S/C26H22FN4O7.C2H6.Fm/c1-11-12-2-3-19(38-10-29-20(33)6-28-9-32)22-14-7-31-18(23(14)30-17(21(12)22)5-16(11)27)4-13-15(25(31)35)8-37-26(36)24(13)34;1-2;/h4-5,19,24,34H,2-3,6-8,10H2,1H3,(H,28,32)(H,29,33);1-2H3;/q-1;;. The molecular formula is C28H28FFmN4O7-. The van der Waals surface area contributed by atoms with Gasteiger partial charge in [0.05, 0.1) is 41.7 Å². The molecule has 2 atom stereocenters. The normalized spacial score (nSPS) is 17.6. The van der Waals surface area contributed by atoms with Crippen LogP contribution in [0.5, 0.6) is 0 Å². The molecule has 0 radical (unpaired) electrons. The largest absolute Gasteiger partial charge is 0.522 e. The van der Waals surface area contributed by atoms with Crippen LogP contribution in [0.15, 0.2) is 16.9 Å². The number of aryl methyl sites for hydroxylation is 1. The molecule has 3 aromatic rings. The summed E-state index contributed by atoms with van der Waals surface area (Å²) in [4.78, 5) is 52.3. The van der Waals surface area contributed by atoms with Gasteiger partial charge in [0.15, 0.2) is 6.10 Å². The monoisotopic (exact) mass is 808 g/mol. The summed E-state index contributed by atoms with van der Waals surface area (Å²) in [5, 5.41) is 15.9. The quantitative estimate of drug-likeness (QED) is 0.116. The van der Waals surface area contributed by atoms with Crippen molar-refractivity contribution < 1.29 is 33.4 Å². The third-order valence-electron chi connectivity index (χ3n) is 7.47. The Hall–Kier alpha value is -5.16. The Labute approximate surface area is 228 Å². The molecule has 0 saturated heterocycles. The van der Waals surface area contributed by atoms with Gasteiger partial charge in [0, 0.05) is 22.6 Å². The van der Waals surface area contributed by atoms with Gasteiger partial charge in [-0.1, -0.05) is 13.8 Å². The third-order valence-corrected chi connectivity index (χ3v) is 7.47. The van der Waals surface area contributed by atoms with Crippen molar-refractivity contribution in [1.82, 2.24) is 20.2 Å². The molecule has 1 aliphatic carbocycles. The van der Waals surface area contributed by atoms with Gasteiger partial charge in [0.1, 0.15) is 19.2 Å². The maximum absolute atomic E-state index is 14.9. The second-order valence-electron chi connectivity index (χ2n) is 9.47. The number of carbonyl (C=O) groups is 2. The van der Waals surface area contributed by atoms with E-state index in [0.29, 0.717) is 35.3 Å². The number of nitrogens with one attached hydrogen (secondary N) is 2. The number of aliphatic hydroxyl groups is 1. The second-order valence-corrected chi connectivity index (χ2v) is 9.47. The van der Waals surface area contributed by atoms with Crippen molar-refractivity contribution in [3.63, 3.8) is 0 Å². The molecule has 13 heteroatoms. The second kappa shape index (κ2) is 11.1. The minimum atomic E-state index is -1.59. The van der Waals surface area contributed by atoms with Crippen LogP contribution in [-0.2, 0) is 43.4 Å². The van der Waals surface area contributed by atoms with Crippen molar-refractivity contribution in [1.29, 1.82) is 0 Å². The first-order valence-electron chi connectivity index (χ1n) is 13.0. The van der Waals surface area contributed by atoms with Crippen LogP contribution in [0.1, 0.15) is 65.9 Å². The number of amides is 2. The average Bonchev–Trinajstić information content (AvgIpc) is 3.33. The zero-order chi connectivity index (χ0) is 28.7. The van der Waals surface area contributed by atoms with Crippen molar-refractivity contribution in [2.45, 2.75) is 59.0 Å². The van der Waals surface area contributed by atoms with Crippen molar-refractivity contribution in [3.05, 3.63) is 61.7 Å². The predicted octanol–water partition coefficient (Wildman–Crippen LogP) is 1.72. The molecular weight excluding hydrogens is 780 g/mol. The van der Waals surface area contributed by atoms with Gasteiger partial charge >= 0.3 is 5.97 Å². The molecule has 2 aliphatic heterocycles. The number of aromatic nitrogens is 2. The number of benzene rings is 1. The zero-order valence-corrected chi connectivity index (χ0v) is 24.9. The molecule has 1 aromatic carbocycles. The molecule has 2 aromatic heterocycles. The Morgan fingerprint density at radius 3 is 2.76 bits per heavy atom. The number of aliphatic hydroxyl groups excluding tert-OH is 1. The summed E-state index contributed by atoms with van der Waals surface area (Å²) in [6, 6.07) is 2.93. The maximum Gasteiger partial charge on any atom is 0.340 e. The van der Waals surface area contributed by atoms with Gasteiger partial charge in [0.2, 0.25) is 5.91 Å². The smallest absolute Gasteiger partial charge is 0.340 e. The Morgan fingerprint density at radius 2 is 2.02 bits per heavy atom. The van der Waals surface area contributed by atoms with Crippen LogP contribution in [0, 0.1) is 12.7 Å². The molecule has 6 rings (SSSR count). The van der Waals surface area contributed by atoms with E-state index in [4.69, 9.17) is 14.5 Å². The first kappa shape index (κ1) is 28.8. The van der Waals surface area contributed by atoms with Gasteiger partial charge in [-0.15, -0.1) is 0 Å². The van der Waals surface area contributed by atoms with Crippen molar-refractivity contribution in [2.75, 3.05) is 13.3 Å². The molecule has 0 saturated carbocycles. The molecule has 4 heterocycles. The van der Waals surface area contributed by atoms with Crippen LogP contribution in [0.4, 0.5) is 4.39 Å². The van der Waals surface area contributed by atoms with Gasteiger partial charge < -0.3 is 34.6 Å². The zero-order valence-electron chi connectivity index (χ0n) is 22.5. The van der Waals surface area contributed by atoms with Gasteiger partial charge in [-0.25, -0.2) is 14.2 Å². The van der Waals surface area contributed by atoms with Crippen molar-refractivity contribution in [3.8, 4) is 11.4 Å². The number of rotatable bonds is 6. The minimum Gasteiger partial charge on any atom is -0.522 e. The van der Waals surface area contributed by atoms with Gasteiger partial charge in [-0.05, 0) is 42.5 Å². The third kappa shape index (κ3) is 4.55. The van der Waals surface area contributed by atoms with E-state index in [2.05, 4.69) is 10.6 Å². The number of esters is 1. The van der Waals surface area contributed by atoms with Crippen molar-refractivity contribution in [2.24, 2.45) is 0 Å². The molecule has 3 N–H and O–H groups in total. The number of hydrogen-bond donors (Lipinski definition) is 3. The number of cyclic esters (lactones) is 1. The van der Waals surface area contributed by atoms with E-state index in [9.17, 15) is 28.7 Å². The van der Waals surface area contributed by atoms with Crippen LogP contribution >= 0.6 is 0 Å². The molecule has 2 amide bonds. The van der Waals surface area contributed by atoms with E-state index in [0.717, 1.165) is 22.1 Å². The number of pyridine rings is 2. The SMILES string of the molecule is CC.Cc1c(F)cc2nc3c(c4c2c1CCC4OCNC(=O)CN[C-]=O)Cn1c-3cc2c(c1=O)COC(=O)C2O.[Fm]. The fourth-order valence-electron chi connectivity index (χ4n) is 5.63. The van der Waals surface area contributed by atoms with Crippen molar-refractivity contribution >= 4 is 29.2 Å². The van der Waals surface area contributed by atoms with Gasteiger partial charge in [0.25, 0.3) is 5.56 Å². The van der Waals surface area contributed by atoms with E-state index in [1.807, 2.05) is 13.8 Å². The summed E-state index contributed by atoms with van der Waals surface area (Å²) in [7, 11) is 0. The average molecular weight is 809 g/mol. The number of hydrogen-bond acceptors (Lipinski definition) is 8. The number of halogens is 1. The van der Waals surface area contributed by atoms with Gasteiger partial charge in [-0.2, -0.15) is 6.41 Å². The molecule has 222 valence electrons. The summed E-state index contributed by atoms with van der Waals surface area (Å²) >= 11 is 0. The summed E-state index contributed by atoms with van der Waals surface area (Å²) in [6.45, 7) is 5.27. The van der Waals surface area contributed by atoms with Crippen LogP contribution in [0.3, 0.4) is 0 Å². The first-order valence-corrected chi connectivity index (χ1v) is 13.0. The van der Waals surface area contributed by atoms with Crippen LogP contribution in [0.25, 0.3) is 22.3 Å². The molecule has 3 aliphatic rings. The topological polar surface area (TPSA) is 149 Å².